The predicted octanol–water partition coefficient (Wildman–Crippen LogP) is 5.54. The van der Waals surface area contributed by atoms with Crippen LogP contribution in [0.1, 0.15) is 54.9 Å². The van der Waals surface area contributed by atoms with Crippen molar-refractivity contribution in [3.05, 3.63) is 51.7 Å². The number of nitriles is 1. The van der Waals surface area contributed by atoms with Gasteiger partial charge in [-0.2, -0.15) is 5.26 Å². The van der Waals surface area contributed by atoms with E-state index in [-0.39, 0.29) is 22.8 Å². The first kappa shape index (κ1) is 20.3. The molecule has 0 atom stereocenters. The summed E-state index contributed by atoms with van der Waals surface area (Å²) in [7, 11) is 0. The molecule has 0 aliphatic carbocycles. The number of benzene rings is 1. The lowest BCUT2D eigenvalue weighted by molar-refractivity contribution is 0.0525. The molecule has 0 N–H and O–H groups in total. The van der Waals surface area contributed by atoms with E-state index >= 15 is 0 Å². The average molecular weight is 389 g/mol. The fourth-order valence-corrected chi connectivity index (χ4v) is 3.71. The summed E-state index contributed by atoms with van der Waals surface area (Å²) in [6.45, 7) is 9.80. The van der Waals surface area contributed by atoms with Gasteiger partial charge in [-0.1, -0.05) is 61.8 Å². The quantitative estimate of drug-likeness (QED) is 0.643. The molecule has 0 bridgehead atoms. The van der Waals surface area contributed by atoms with Crippen molar-refractivity contribution >= 4 is 29.3 Å². The van der Waals surface area contributed by atoms with Crippen LogP contribution in [0.5, 0.6) is 0 Å². The Morgan fingerprint density at radius 3 is 2.42 bits per heavy atom. The standard InChI is InChI=1S/C20H21ClN2O2S/c1-6-25-19(24)15-14(11-22)18(23-17(16(15)21)20(3,4)5)26-13-9-7-12(2)8-10-13/h7-10H,6H2,1-5H3. The Bertz CT molecular complexity index is 865. The average Bonchev–Trinajstić information content (AvgIpc) is 2.56. The number of hydrogen-bond donors (Lipinski definition) is 0. The van der Waals surface area contributed by atoms with E-state index < -0.39 is 11.4 Å². The molecule has 4 nitrogen and oxygen atoms in total. The highest BCUT2D eigenvalue weighted by atomic mass is 35.5. The van der Waals surface area contributed by atoms with Crippen LogP contribution in [0.3, 0.4) is 0 Å². The van der Waals surface area contributed by atoms with Crippen LogP contribution in [0, 0.1) is 18.3 Å². The number of rotatable bonds is 4. The molecule has 1 aromatic carbocycles. The van der Waals surface area contributed by atoms with Gasteiger partial charge in [0.1, 0.15) is 22.2 Å². The molecule has 0 unspecified atom stereocenters. The lowest BCUT2D eigenvalue weighted by Gasteiger charge is -2.22. The molecule has 136 valence electrons. The lowest BCUT2D eigenvalue weighted by atomic mass is 9.90. The Balaban J connectivity index is 2.69. The van der Waals surface area contributed by atoms with Gasteiger partial charge in [-0.15, -0.1) is 0 Å². The zero-order valence-electron chi connectivity index (χ0n) is 15.5. The van der Waals surface area contributed by atoms with Crippen LogP contribution in [0.15, 0.2) is 34.2 Å². The van der Waals surface area contributed by atoms with E-state index in [1.54, 1.807) is 6.92 Å². The summed E-state index contributed by atoms with van der Waals surface area (Å²) < 4.78 is 5.13. The number of aryl methyl sites for hydroxylation is 1. The third-order valence-corrected chi connectivity index (χ3v) is 5.01. The molecule has 0 amide bonds. The molecular formula is C20H21ClN2O2S. The molecule has 26 heavy (non-hydrogen) atoms. The van der Waals surface area contributed by atoms with Crippen LogP contribution in [-0.4, -0.2) is 17.6 Å². The first-order valence-electron chi connectivity index (χ1n) is 8.24. The van der Waals surface area contributed by atoms with Gasteiger partial charge in [0.25, 0.3) is 0 Å². The molecule has 0 saturated heterocycles. The molecule has 0 saturated carbocycles. The fraction of sp³-hybridized carbons (Fsp3) is 0.350. The molecule has 0 aliphatic rings. The first-order valence-corrected chi connectivity index (χ1v) is 9.44. The van der Waals surface area contributed by atoms with Crippen molar-refractivity contribution in [1.82, 2.24) is 4.98 Å². The number of aromatic nitrogens is 1. The van der Waals surface area contributed by atoms with E-state index in [0.29, 0.717) is 10.7 Å². The lowest BCUT2D eigenvalue weighted by Crippen LogP contribution is -2.19. The zero-order valence-corrected chi connectivity index (χ0v) is 17.1. The van der Waals surface area contributed by atoms with E-state index in [4.69, 9.17) is 16.3 Å². The number of carbonyl (C=O) groups excluding carboxylic acids is 1. The minimum absolute atomic E-state index is 0.0885. The third-order valence-electron chi connectivity index (χ3n) is 3.64. The Morgan fingerprint density at radius 1 is 1.31 bits per heavy atom. The van der Waals surface area contributed by atoms with Gasteiger partial charge in [0, 0.05) is 10.3 Å². The van der Waals surface area contributed by atoms with Crippen LogP contribution in [0.2, 0.25) is 5.02 Å². The molecule has 2 aromatic rings. The third kappa shape index (κ3) is 4.38. The normalized spacial score (nSPS) is 11.1. The molecule has 2 rings (SSSR count). The summed E-state index contributed by atoms with van der Waals surface area (Å²) in [6.07, 6.45) is 0. The Kier molecular flexibility index (Phi) is 6.33. The van der Waals surface area contributed by atoms with E-state index in [2.05, 4.69) is 11.1 Å². The van der Waals surface area contributed by atoms with E-state index in [1.165, 1.54) is 11.8 Å². The number of pyridine rings is 1. The summed E-state index contributed by atoms with van der Waals surface area (Å²) in [6, 6.07) is 9.97. The minimum Gasteiger partial charge on any atom is -0.462 e. The number of ether oxygens (including phenoxy) is 1. The molecule has 0 aliphatic heterocycles. The Hall–Kier alpha value is -2.03. The maximum Gasteiger partial charge on any atom is 0.341 e. The van der Waals surface area contributed by atoms with Gasteiger partial charge in [0.05, 0.1) is 17.3 Å². The van der Waals surface area contributed by atoms with E-state index in [1.807, 2.05) is 52.0 Å². The van der Waals surface area contributed by atoms with Gasteiger partial charge in [-0.25, -0.2) is 9.78 Å². The Morgan fingerprint density at radius 2 is 1.92 bits per heavy atom. The summed E-state index contributed by atoms with van der Waals surface area (Å²) >= 11 is 7.82. The fourth-order valence-electron chi connectivity index (χ4n) is 2.33. The van der Waals surface area contributed by atoms with Crippen LogP contribution in [-0.2, 0) is 10.2 Å². The second kappa shape index (κ2) is 8.11. The van der Waals surface area contributed by atoms with Gasteiger partial charge in [-0.3, -0.25) is 0 Å². The monoisotopic (exact) mass is 388 g/mol. The molecule has 1 heterocycles. The largest absolute Gasteiger partial charge is 0.462 e. The number of carbonyl (C=O) groups is 1. The molecule has 0 fully saturated rings. The van der Waals surface area contributed by atoms with Crippen molar-refractivity contribution in [2.45, 2.75) is 50.0 Å². The van der Waals surface area contributed by atoms with Crippen LogP contribution >= 0.6 is 23.4 Å². The van der Waals surface area contributed by atoms with Crippen molar-refractivity contribution < 1.29 is 9.53 Å². The highest BCUT2D eigenvalue weighted by Crippen LogP contribution is 2.38. The number of hydrogen-bond acceptors (Lipinski definition) is 5. The second-order valence-electron chi connectivity index (χ2n) is 6.83. The molecule has 0 spiro atoms. The van der Waals surface area contributed by atoms with Crippen LogP contribution < -0.4 is 0 Å². The summed E-state index contributed by atoms with van der Waals surface area (Å²) in [5.74, 6) is -0.604. The Labute approximate surface area is 163 Å². The highest BCUT2D eigenvalue weighted by molar-refractivity contribution is 7.99. The predicted molar refractivity (Wildman–Crippen MR) is 104 cm³/mol. The van der Waals surface area contributed by atoms with Crippen molar-refractivity contribution in [3.8, 4) is 6.07 Å². The van der Waals surface area contributed by atoms with Gasteiger partial charge < -0.3 is 4.74 Å². The summed E-state index contributed by atoms with van der Waals surface area (Å²) in [5.41, 5.74) is 1.55. The second-order valence-corrected chi connectivity index (χ2v) is 8.27. The minimum atomic E-state index is -0.604. The van der Waals surface area contributed by atoms with Gasteiger partial charge in [0.2, 0.25) is 0 Å². The van der Waals surface area contributed by atoms with E-state index in [9.17, 15) is 10.1 Å². The number of nitrogens with zero attached hydrogens (tertiary/aromatic N) is 2. The SMILES string of the molecule is CCOC(=O)c1c(Cl)c(C(C)(C)C)nc(Sc2ccc(C)cc2)c1C#N. The van der Waals surface area contributed by atoms with Gasteiger partial charge >= 0.3 is 5.97 Å². The number of esters is 1. The maximum atomic E-state index is 12.5. The first-order chi connectivity index (χ1) is 12.2. The smallest absolute Gasteiger partial charge is 0.341 e. The van der Waals surface area contributed by atoms with Gasteiger partial charge in [0.15, 0.2) is 0 Å². The van der Waals surface area contributed by atoms with Crippen LogP contribution in [0.25, 0.3) is 0 Å². The highest BCUT2D eigenvalue weighted by Gasteiger charge is 2.30. The zero-order chi connectivity index (χ0) is 19.5. The van der Waals surface area contributed by atoms with Crippen molar-refractivity contribution in [2.24, 2.45) is 0 Å². The molecule has 6 heteroatoms. The molecule has 1 aromatic heterocycles. The number of halogens is 1. The van der Waals surface area contributed by atoms with E-state index in [0.717, 1.165) is 10.5 Å². The molecule has 0 radical (unpaired) electrons. The summed E-state index contributed by atoms with van der Waals surface area (Å²) in [5, 5.41) is 10.3. The molecular weight excluding hydrogens is 368 g/mol. The topological polar surface area (TPSA) is 63.0 Å². The summed E-state index contributed by atoms with van der Waals surface area (Å²) in [4.78, 5) is 18.0. The van der Waals surface area contributed by atoms with Crippen LogP contribution in [0.4, 0.5) is 0 Å². The van der Waals surface area contributed by atoms with Crippen molar-refractivity contribution in [2.75, 3.05) is 6.61 Å². The van der Waals surface area contributed by atoms with Crippen molar-refractivity contribution in [1.29, 1.82) is 5.26 Å². The maximum absolute atomic E-state index is 12.5. The van der Waals surface area contributed by atoms with Crippen molar-refractivity contribution in [3.63, 3.8) is 0 Å². The van der Waals surface area contributed by atoms with Gasteiger partial charge in [-0.05, 0) is 26.0 Å².